The molecule has 0 unspecified atom stereocenters. The molecule has 6 aromatic carbocycles. The van der Waals surface area contributed by atoms with Crippen LogP contribution in [0.4, 0.5) is 0 Å². The number of fused-ring (bicyclic) bond motifs is 4. The van der Waals surface area contributed by atoms with E-state index in [1.807, 2.05) is 18.2 Å². The van der Waals surface area contributed by atoms with Crippen molar-refractivity contribution in [3.63, 3.8) is 0 Å². The Balaban J connectivity index is 1.09. The highest BCUT2D eigenvalue weighted by atomic mass is 28.3. The highest BCUT2D eigenvalue weighted by Gasteiger charge is 2.37. The van der Waals surface area contributed by atoms with E-state index in [0.29, 0.717) is 11.6 Å². The first kappa shape index (κ1) is 32.5. The van der Waals surface area contributed by atoms with E-state index in [1.165, 1.54) is 56.1 Å². The molecule has 254 valence electrons. The van der Waals surface area contributed by atoms with Gasteiger partial charge in [-0.05, 0) is 81.0 Å². The molecule has 0 saturated heterocycles. The van der Waals surface area contributed by atoms with Gasteiger partial charge in [0.15, 0.2) is 17.5 Å². The lowest BCUT2D eigenvalue weighted by atomic mass is 9.82. The Morgan fingerprint density at radius 1 is 0.481 bits per heavy atom. The van der Waals surface area contributed by atoms with Crippen molar-refractivity contribution in [2.24, 2.45) is 0 Å². The second-order valence-electron chi connectivity index (χ2n) is 16.0. The van der Waals surface area contributed by atoms with E-state index in [1.54, 1.807) is 0 Å². The summed E-state index contributed by atoms with van der Waals surface area (Å²) < 4.78 is 0. The van der Waals surface area contributed by atoms with E-state index in [-0.39, 0.29) is 5.41 Å². The Bertz CT molecular complexity index is 2490. The molecule has 1 aromatic heterocycles. The maximum atomic E-state index is 5.13. The molecule has 0 fully saturated rings. The van der Waals surface area contributed by atoms with Gasteiger partial charge in [-0.3, -0.25) is 0 Å². The Kier molecular flexibility index (Phi) is 7.71. The van der Waals surface area contributed by atoms with E-state index >= 15 is 0 Å². The molecule has 1 heterocycles. The van der Waals surface area contributed by atoms with Gasteiger partial charge in [-0.1, -0.05) is 166 Å². The number of hydrogen-bond acceptors (Lipinski definition) is 3. The van der Waals surface area contributed by atoms with E-state index in [4.69, 9.17) is 15.0 Å². The molecule has 0 spiro atoms. The molecule has 52 heavy (non-hydrogen) atoms. The zero-order valence-corrected chi connectivity index (χ0v) is 31.7. The molecule has 0 radical (unpaired) electrons. The molecule has 4 heteroatoms. The number of nitrogens with zero attached hydrogens (tertiary/aromatic N) is 3. The average Bonchev–Trinajstić information content (AvgIpc) is 3.75. The molecule has 7 aromatic rings. The summed E-state index contributed by atoms with van der Waals surface area (Å²) in [5.74, 6) is 2.13. The third-order valence-corrected chi connectivity index (χ3v) is 13.3. The molecule has 9 rings (SSSR count). The van der Waals surface area contributed by atoms with Gasteiger partial charge in [0, 0.05) is 22.1 Å². The van der Waals surface area contributed by atoms with Gasteiger partial charge in [-0.15, -0.1) is 0 Å². The number of hydrogen-bond donors (Lipinski definition) is 0. The number of benzene rings is 6. The fourth-order valence-electron chi connectivity index (χ4n) is 8.35. The summed E-state index contributed by atoms with van der Waals surface area (Å²) in [6.07, 6.45) is 3.35. The smallest absolute Gasteiger partial charge is 0.164 e. The van der Waals surface area contributed by atoms with Gasteiger partial charge in [0.1, 0.15) is 0 Å². The maximum absolute atomic E-state index is 5.13. The highest BCUT2D eigenvalue weighted by Crippen LogP contribution is 2.52. The van der Waals surface area contributed by atoms with E-state index < -0.39 is 8.07 Å². The van der Waals surface area contributed by atoms with Gasteiger partial charge in [0.2, 0.25) is 0 Å². The largest absolute Gasteiger partial charge is 0.208 e. The van der Waals surface area contributed by atoms with Crippen LogP contribution in [-0.4, -0.2) is 23.0 Å². The van der Waals surface area contributed by atoms with Crippen LogP contribution in [0.5, 0.6) is 0 Å². The fourth-order valence-corrected chi connectivity index (χ4v) is 9.51. The third-order valence-electron chi connectivity index (χ3n) is 11.3. The summed E-state index contributed by atoms with van der Waals surface area (Å²) in [5.41, 5.74) is 16.3. The monoisotopic (exact) mass is 689 g/mol. The molecule has 0 aliphatic heterocycles. The second kappa shape index (κ2) is 12.4. The lowest BCUT2D eigenvalue weighted by Gasteiger charge is -2.24. The van der Waals surface area contributed by atoms with E-state index in [9.17, 15) is 0 Å². The average molecular weight is 690 g/mol. The summed E-state index contributed by atoms with van der Waals surface area (Å²) >= 11 is 0. The SMILES string of the molecule is CC1(C)c2cc([Si](C)(C)C)ccc2-c2c(-c3ccc(-c4cccc(-c5nc(-c6ccccc6)nc(-c6cccc7c6CCC7)n5)c4)cc3)cccc21. The van der Waals surface area contributed by atoms with Crippen LogP contribution in [0, 0.1) is 0 Å². The molecule has 0 bridgehead atoms. The number of aromatic nitrogens is 3. The van der Waals surface area contributed by atoms with Crippen LogP contribution >= 0.6 is 0 Å². The molecule has 2 aliphatic rings. The van der Waals surface area contributed by atoms with Crippen molar-refractivity contribution in [3.8, 4) is 67.5 Å². The lowest BCUT2D eigenvalue weighted by molar-refractivity contribution is 0.661. The van der Waals surface area contributed by atoms with Crippen LogP contribution in [0.25, 0.3) is 67.5 Å². The van der Waals surface area contributed by atoms with Crippen molar-refractivity contribution in [1.29, 1.82) is 0 Å². The molecular weight excluding hydrogens is 647 g/mol. The number of aryl methyl sites for hydroxylation is 1. The second-order valence-corrected chi connectivity index (χ2v) is 21.1. The van der Waals surface area contributed by atoms with Crippen molar-refractivity contribution < 1.29 is 0 Å². The standard InChI is InChI=1S/C48H43N3Si/c1-48(2)42-22-12-20-39(44(42)41-28-27-37(30-43(41)48)52(3,4)5)33-25-23-31(24-26-33)35-17-9-18-36(29-35)46-49-45(34-13-7-6-8-14-34)50-47(51-46)40-21-11-16-32-15-10-19-38(32)40/h6-9,11-14,16-18,20-30H,10,15,19H2,1-5H3. The van der Waals surface area contributed by atoms with Crippen molar-refractivity contribution in [3.05, 3.63) is 156 Å². The summed E-state index contributed by atoms with van der Waals surface area (Å²) in [6.45, 7) is 12.1. The van der Waals surface area contributed by atoms with Crippen LogP contribution < -0.4 is 5.19 Å². The molecule has 3 nitrogen and oxygen atoms in total. The lowest BCUT2D eigenvalue weighted by Crippen LogP contribution is -2.38. The van der Waals surface area contributed by atoms with Crippen molar-refractivity contribution in [1.82, 2.24) is 15.0 Å². The highest BCUT2D eigenvalue weighted by molar-refractivity contribution is 6.88. The zero-order valence-electron chi connectivity index (χ0n) is 30.7. The van der Waals surface area contributed by atoms with Crippen LogP contribution in [0.2, 0.25) is 19.6 Å². The molecule has 0 saturated carbocycles. The summed E-state index contributed by atoms with van der Waals surface area (Å²) in [6, 6.07) is 48.6. The van der Waals surface area contributed by atoms with Crippen LogP contribution in [0.15, 0.2) is 133 Å². The molecule has 0 N–H and O–H groups in total. The predicted molar refractivity (Wildman–Crippen MR) is 220 cm³/mol. The van der Waals surface area contributed by atoms with Gasteiger partial charge in [-0.25, -0.2) is 15.0 Å². The Labute approximate surface area is 308 Å². The fraction of sp³-hybridized carbons (Fsp3) is 0.188. The minimum Gasteiger partial charge on any atom is -0.208 e. The van der Waals surface area contributed by atoms with E-state index in [2.05, 4.69) is 149 Å². The normalized spacial score (nSPS) is 14.2. The van der Waals surface area contributed by atoms with Crippen molar-refractivity contribution >= 4 is 13.3 Å². The van der Waals surface area contributed by atoms with Crippen LogP contribution in [0.3, 0.4) is 0 Å². The maximum Gasteiger partial charge on any atom is 0.164 e. The summed E-state index contributed by atoms with van der Waals surface area (Å²) in [7, 11) is -1.44. The molecule has 0 atom stereocenters. The molecular formula is C48H43N3Si. The summed E-state index contributed by atoms with van der Waals surface area (Å²) in [5, 5.41) is 1.52. The summed E-state index contributed by atoms with van der Waals surface area (Å²) in [4.78, 5) is 15.2. The number of rotatable bonds is 6. The molecule has 0 amide bonds. The van der Waals surface area contributed by atoms with Gasteiger partial charge in [0.05, 0.1) is 8.07 Å². The Hall–Kier alpha value is -5.45. The Morgan fingerprint density at radius 2 is 1.13 bits per heavy atom. The quantitative estimate of drug-likeness (QED) is 0.163. The van der Waals surface area contributed by atoms with Crippen molar-refractivity contribution in [2.75, 3.05) is 0 Å². The van der Waals surface area contributed by atoms with Crippen LogP contribution in [0.1, 0.15) is 42.5 Å². The van der Waals surface area contributed by atoms with Gasteiger partial charge in [-0.2, -0.15) is 0 Å². The minimum atomic E-state index is -1.44. The third kappa shape index (κ3) is 5.53. The van der Waals surface area contributed by atoms with Crippen LogP contribution in [-0.2, 0) is 18.3 Å². The topological polar surface area (TPSA) is 38.7 Å². The van der Waals surface area contributed by atoms with Crippen molar-refractivity contribution in [2.45, 2.75) is 58.2 Å². The van der Waals surface area contributed by atoms with E-state index in [0.717, 1.165) is 46.5 Å². The first-order chi connectivity index (χ1) is 25.1. The first-order valence-corrected chi connectivity index (χ1v) is 22.1. The minimum absolute atomic E-state index is 0.0352. The van der Waals surface area contributed by atoms with Gasteiger partial charge >= 0.3 is 0 Å². The zero-order chi connectivity index (χ0) is 35.6. The first-order valence-electron chi connectivity index (χ1n) is 18.6. The Morgan fingerprint density at radius 3 is 1.92 bits per heavy atom. The molecule has 2 aliphatic carbocycles. The predicted octanol–water partition coefficient (Wildman–Crippen LogP) is 11.5. The van der Waals surface area contributed by atoms with Gasteiger partial charge in [0.25, 0.3) is 0 Å². The van der Waals surface area contributed by atoms with Gasteiger partial charge < -0.3 is 0 Å².